The first-order valence-corrected chi connectivity index (χ1v) is 6.67. The van der Waals surface area contributed by atoms with Gasteiger partial charge in [-0.1, -0.05) is 13.3 Å². The molecule has 0 N–H and O–H groups in total. The largest absolute Gasteiger partial charge is 0.465 e. The van der Waals surface area contributed by atoms with E-state index >= 15 is 0 Å². The molecule has 1 heterocycles. The zero-order valence-electron chi connectivity index (χ0n) is 8.12. The van der Waals surface area contributed by atoms with Crippen molar-refractivity contribution in [3.05, 3.63) is 0 Å². The fraction of sp³-hybridized carbons (Fsp3) is 0.889. The first-order valence-electron chi connectivity index (χ1n) is 4.67. The first-order chi connectivity index (χ1) is 6.24. The van der Waals surface area contributed by atoms with Gasteiger partial charge in [0.05, 0.1) is 6.61 Å². The third-order valence-corrected chi connectivity index (χ3v) is 4.86. The topological polar surface area (TPSA) is 26.3 Å². The van der Waals surface area contributed by atoms with Crippen LogP contribution in [0.5, 0.6) is 0 Å². The van der Waals surface area contributed by atoms with E-state index < -0.39 is 0 Å². The summed E-state index contributed by atoms with van der Waals surface area (Å²) in [6.07, 6.45) is 2.06. The van der Waals surface area contributed by atoms with Crippen LogP contribution in [0.1, 0.15) is 26.7 Å². The van der Waals surface area contributed by atoms with Gasteiger partial charge in [0, 0.05) is 10.3 Å². The Morgan fingerprint density at radius 3 is 2.92 bits per heavy atom. The predicted molar refractivity (Wildman–Crippen MR) is 59.2 cm³/mol. The van der Waals surface area contributed by atoms with E-state index in [0.29, 0.717) is 11.2 Å². The Hall–Kier alpha value is 0.170. The molecule has 1 aliphatic heterocycles. The Bertz CT molecular complexity index is 173. The molecule has 0 radical (unpaired) electrons. The van der Waals surface area contributed by atoms with E-state index in [-0.39, 0.29) is 11.2 Å². The molecule has 1 rings (SSSR count). The van der Waals surface area contributed by atoms with E-state index in [2.05, 4.69) is 13.8 Å². The second-order valence-corrected chi connectivity index (χ2v) is 6.27. The predicted octanol–water partition coefficient (Wildman–Crippen LogP) is 2.52. The van der Waals surface area contributed by atoms with Crippen LogP contribution in [0.4, 0.5) is 0 Å². The van der Waals surface area contributed by atoms with Crippen LogP contribution in [0.3, 0.4) is 0 Å². The van der Waals surface area contributed by atoms with Gasteiger partial charge in [0.1, 0.15) is 5.25 Å². The van der Waals surface area contributed by atoms with E-state index in [0.717, 1.165) is 18.6 Å². The molecule has 1 fully saturated rings. The Labute approximate surface area is 88.2 Å². The van der Waals surface area contributed by atoms with Crippen LogP contribution in [0.15, 0.2) is 0 Å². The average molecular weight is 220 g/mol. The maximum Gasteiger partial charge on any atom is 0.319 e. The van der Waals surface area contributed by atoms with E-state index in [1.54, 1.807) is 11.8 Å². The summed E-state index contributed by atoms with van der Waals surface area (Å²) in [5.41, 5.74) is 0. The summed E-state index contributed by atoms with van der Waals surface area (Å²) in [5, 5.41) is 0.0804. The van der Waals surface area contributed by atoms with Gasteiger partial charge >= 0.3 is 5.97 Å². The minimum absolute atomic E-state index is 0.0182. The lowest BCUT2D eigenvalue weighted by Crippen LogP contribution is -2.20. The average Bonchev–Trinajstić information content (AvgIpc) is 2.52. The Morgan fingerprint density at radius 2 is 2.38 bits per heavy atom. The summed E-state index contributed by atoms with van der Waals surface area (Å²) in [5.74, 6) is 0.895. The summed E-state index contributed by atoms with van der Waals surface area (Å²) in [4.78, 5) is 11.4. The fourth-order valence-corrected chi connectivity index (χ4v) is 3.79. The lowest BCUT2D eigenvalue weighted by molar-refractivity contribution is -0.142. The number of hydrogen-bond acceptors (Lipinski definition) is 4. The molecule has 0 bridgehead atoms. The lowest BCUT2D eigenvalue weighted by Gasteiger charge is -2.08. The van der Waals surface area contributed by atoms with Crippen LogP contribution in [0, 0.1) is 0 Å². The summed E-state index contributed by atoms with van der Waals surface area (Å²) in [7, 11) is 0. The van der Waals surface area contributed by atoms with Crippen molar-refractivity contribution in [2.45, 2.75) is 36.5 Å². The molecular formula is C9H16O2S2. The van der Waals surface area contributed by atoms with Crippen LogP contribution in [-0.4, -0.2) is 28.2 Å². The smallest absolute Gasteiger partial charge is 0.319 e. The molecule has 13 heavy (non-hydrogen) atoms. The van der Waals surface area contributed by atoms with Crippen molar-refractivity contribution in [3.8, 4) is 0 Å². The highest BCUT2D eigenvalue weighted by Gasteiger charge is 2.29. The van der Waals surface area contributed by atoms with Gasteiger partial charge in [-0.2, -0.15) is 0 Å². The lowest BCUT2D eigenvalue weighted by atomic mass is 10.4. The molecule has 0 aromatic carbocycles. The van der Waals surface area contributed by atoms with Crippen LogP contribution < -0.4 is 0 Å². The number of esters is 1. The standard InChI is InChI=1S/C9H16O2S2/c1-3-4-5-11-9(10)8-6-12-7(2)13-8/h7-8H,3-6H2,1-2H3. The minimum atomic E-state index is -0.0182. The van der Waals surface area contributed by atoms with Crippen molar-refractivity contribution in [2.24, 2.45) is 0 Å². The number of carbonyl (C=O) groups is 1. The molecule has 0 spiro atoms. The number of ether oxygens (including phenoxy) is 1. The zero-order chi connectivity index (χ0) is 9.68. The van der Waals surface area contributed by atoms with Crippen molar-refractivity contribution in [1.29, 1.82) is 0 Å². The van der Waals surface area contributed by atoms with E-state index in [4.69, 9.17) is 4.74 Å². The summed E-state index contributed by atoms with van der Waals surface area (Å²) in [6.45, 7) is 4.82. The molecule has 76 valence electrons. The number of unbranched alkanes of at least 4 members (excludes halogenated alkanes) is 1. The van der Waals surface area contributed by atoms with Gasteiger partial charge in [0.2, 0.25) is 0 Å². The fourth-order valence-electron chi connectivity index (χ4n) is 1.07. The molecule has 2 atom stereocenters. The van der Waals surface area contributed by atoms with Gasteiger partial charge in [0.15, 0.2) is 0 Å². The third-order valence-electron chi connectivity index (χ3n) is 1.84. The maximum atomic E-state index is 11.4. The maximum absolute atomic E-state index is 11.4. The van der Waals surface area contributed by atoms with Crippen molar-refractivity contribution < 1.29 is 9.53 Å². The number of carbonyl (C=O) groups excluding carboxylic acids is 1. The van der Waals surface area contributed by atoms with Gasteiger partial charge in [0.25, 0.3) is 0 Å². The minimum Gasteiger partial charge on any atom is -0.465 e. The molecule has 1 aliphatic rings. The van der Waals surface area contributed by atoms with E-state index in [9.17, 15) is 4.79 Å². The molecular weight excluding hydrogens is 204 g/mol. The second-order valence-electron chi connectivity index (χ2n) is 3.05. The molecule has 2 nitrogen and oxygen atoms in total. The number of hydrogen-bond donors (Lipinski definition) is 0. The van der Waals surface area contributed by atoms with E-state index in [1.165, 1.54) is 0 Å². The highest BCUT2D eigenvalue weighted by atomic mass is 32.2. The Kier molecular flexibility index (Phi) is 5.02. The Morgan fingerprint density at radius 1 is 1.62 bits per heavy atom. The van der Waals surface area contributed by atoms with Crippen molar-refractivity contribution in [2.75, 3.05) is 12.4 Å². The SMILES string of the molecule is CCCCOC(=O)C1CSC(C)S1. The van der Waals surface area contributed by atoms with Gasteiger partial charge in [-0.15, -0.1) is 23.5 Å². The van der Waals surface area contributed by atoms with Crippen molar-refractivity contribution in [3.63, 3.8) is 0 Å². The number of rotatable bonds is 4. The molecule has 0 aromatic heterocycles. The third kappa shape index (κ3) is 3.81. The number of thioether (sulfide) groups is 2. The van der Waals surface area contributed by atoms with Gasteiger partial charge in [-0.25, -0.2) is 0 Å². The zero-order valence-corrected chi connectivity index (χ0v) is 9.75. The first kappa shape index (κ1) is 11.2. The normalized spacial score (nSPS) is 27.5. The van der Waals surface area contributed by atoms with Crippen molar-refractivity contribution >= 4 is 29.5 Å². The molecule has 0 amide bonds. The summed E-state index contributed by atoms with van der Waals surface area (Å²) >= 11 is 3.56. The molecule has 1 saturated heterocycles. The highest BCUT2D eigenvalue weighted by Crippen LogP contribution is 2.37. The quantitative estimate of drug-likeness (QED) is 0.537. The highest BCUT2D eigenvalue weighted by molar-refractivity contribution is 8.20. The monoisotopic (exact) mass is 220 g/mol. The summed E-state index contributed by atoms with van der Waals surface area (Å²) in [6, 6.07) is 0. The van der Waals surface area contributed by atoms with Crippen molar-refractivity contribution in [1.82, 2.24) is 0 Å². The molecule has 0 aromatic rings. The second kappa shape index (κ2) is 5.81. The van der Waals surface area contributed by atoms with Gasteiger partial charge in [-0.3, -0.25) is 4.79 Å². The van der Waals surface area contributed by atoms with Gasteiger partial charge in [-0.05, 0) is 13.3 Å². The molecule has 2 unspecified atom stereocenters. The van der Waals surface area contributed by atoms with Crippen LogP contribution in [0.25, 0.3) is 0 Å². The van der Waals surface area contributed by atoms with E-state index in [1.807, 2.05) is 11.8 Å². The summed E-state index contributed by atoms with van der Waals surface area (Å²) < 4.78 is 5.69. The van der Waals surface area contributed by atoms with Crippen LogP contribution >= 0.6 is 23.5 Å². The molecule has 0 saturated carbocycles. The molecule has 0 aliphatic carbocycles. The van der Waals surface area contributed by atoms with Crippen LogP contribution in [0.2, 0.25) is 0 Å². The molecule has 4 heteroatoms. The van der Waals surface area contributed by atoms with Crippen LogP contribution in [-0.2, 0) is 9.53 Å². The van der Waals surface area contributed by atoms with Gasteiger partial charge < -0.3 is 4.74 Å². The Balaban J connectivity index is 2.16.